The first kappa shape index (κ1) is 18.9. The first-order chi connectivity index (χ1) is 13.3. The molecule has 0 aliphatic carbocycles. The van der Waals surface area contributed by atoms with Gasteiger partial charge in [0.25, 0.3) is 17.5 Å². The van der Waals surface area contributed by atoms with Crippen LogP contribution in [0.3, 0.4) is 0 Å². The number of hydrazine groups is 1. The number of aromatic hydroxyl groups is 1. The second-order valence-electron chi connectivity index (χ2n) is 5.49. The van der Waals surface area contributed by atoms with Gasteiger partial charge < -0.3 is 5.11 Å². The van der Waals surface area contributed by atoms with E-state index in [2.05, 4.69) is 16.0 Å². The molecular formula is C17H12ClN5O5. The molecule has 142 valence electrons. The Morgan fingerprint density at radius 2 is 1.75 bits per heavy atom. The number of aromatic nitrogens is 2. The summed E-state index contributed by atoms with van der Waals surface area (Å²) in [5, 5.41) is 24.7. The van der Waals surface area contributed by atoms with Gasteiger partial charge in [-0.1, -0.05) is 11.6 Å². The summed E-state index contributed by atoms with van der Waals surface area (Å²) < 4.78 is 1.35. The maximum absolute atomic E-state index is 12.1. The van der Waals surface area contributed by atoms with E-state index in [0.29, 0.717) is 5.69 Å². The number of halogens is 1. The van der Waals surface area contributed by atoms with Crippen molar-refractivity contribution in [1.82, 2.24) is 20.6 Å². The molecule has 2 amide bonds. The van der Waals surface area contributed by atoms with Gasteiger partial charge in [0.15, 0.2) is 5.69 Å². The average molecular weight is 402 g/mol. The average Bonchev–Trinajstić information content (AvgIpc) is 3.18. The molecule has 28 heavy (non-hydrogen) atoms. The monoisotopic (exact) mass is 401 g/mol. The summed E-state index contributed by atoms with van der Waals surface area (Å²) in [7, 11) is 0. The minimum atomic E-state index is -0.761. The maximum Gasteiger partial charge on any atom is 0.290 e. The Hall–Kier alpha value is -3.92. The van der Waals surface area contributed by atoms with E-state index in [9.17, 15) is 24.8 Å². The predicted octanol–water partition coefficient (Wildman–Crippen LogP) is 2.21. The summed E-state index contributed by atoms with van der Waals surface area (Å²) in [6.45, 7) is 0. The van der Waals surface area contributed by atoms with E-state index in [1.807, 2.05) is 0 Å². The van der Waals surface area contributed by atoms with Crippen molar-refractivity contribution >= 4 is 29.1 Å². The summed E-state index contributed by atoms with van der Waals surface area (Å²) in [4.78, 5) is 34.3. The fourth-order valence-corrected chi connectivity index (χ4v) is 2.42. The Balaban J connectivity index is 1.66. The second-order valence-corrected chi connectivity index (χ2v) is 5.93. The number of amides is 2. The summed E-state index contributed by atoms with van der Waals surface area (Å²) in [5.41, 5.74) is 4.66. The van der Waals surface area contributed by atoms with E-state index < -0.39 is 16.7 Å². The van der Waals surface area contributed by atoms with Crippen LogP contribution in [0.25, 0.3) is 5.69 Å². The molecule has 3 N–H and O–H groups in total. The highest BCUT2D eigenvalue weighted by molar-refractivity contribution is 6.31. The Labute approximate surface area is 162 Å². The van der Waals surface area contributed by atoms with Crippen LogP contribution in [0.15, 0.2) is 54.7 Å². The Morgan fingerprint density at radius 1 is 1.07 bits per heavy atom. The predicted molar refractivity (Wildman–Crippen MR) is 98.3 cm³/mol. The normalized spacial score (nSPS) is 10.3. The molecule has 3 aromatic rings. The van der Waals surface area contributed by atoms with Crippen molar-refractivity contribution in [2.24, 2.45) is 0 Å². The van der Waals surface area contributed by atoms with Crippen molar-refractivity contribution in [1.29, 1.82) is 0 Å². The second kappa shape index (κ2) is 7.76. The highest BCUT2D eigenvalue weighted by atomic mass is 35.5. The molecule has 1 heterocycles. The van der Waals surface area contributed by atoms with Crippen molar-refractivity contribution in [2.75, 3.05) is 0 Å². The minimum absolute atomic E-state index is 0.00558. The molecule has 1 aromatic heterocycles. The van der Waals surface area contributed by atoms with Crippen molar-refractivity contribution in [3.8, 4) is 11.4 Å². The topological polar surface area (TPSA) is 139 Å². The Morgan fingerprint density at radius 3 is 2.43 bits per heavy atom. The lowest BCUT2D eigenvalue weighted by Crippen LogP contribution is -2.41. The molecule has 0 saturated heterocycles. The molecule has 0 atom stereocenters. The zero-order valence-electron chi connectivity index (χ0n) is 14.0. The minimum Gasteiger partial charge on any atom is -0.507 e. The number of phenolic OH excluding ortho intramolecular Hbond substituents is 1. The molecule has 0 unspecified atom stereocenters. The zero-order chi connectivity index (χ0) is 20.3. The number of hydrogen-bond acceptors (Lipinski definition) is 6. The summed E-state index contributed by atoms with van der Waals surface area (Å²) in [6, 6.07) is 10.9. The molecule has 0 saturated carbocycles. The van der Waals surface area contributed by atoms with Gasteiger partial charge in [0, 0.05) is 23.4 Å². The summed E-state index contributed by atoms with van der Waals surface area (Å²) in [6.07, 6.45) is 1.49. The van der Waals surface area contributed by atoms with Gasteiger partial charge in [0.2, 0.25) is 0 Å². The van der Waals surface area contributed by atoms with Crippen molar-refractivity contribution in [3.05, 3.63) is 81.1 Å². The number of nitro groups is 1. The van der Waals surface area contributed by atoms with Crippen LogP contribution in [0.2, 0.25) is 5.02 Å². The molecule has 0 aliphatic rings. The van der Waals surface area contributed by atoms with E-state index in [1.165, 1.54) is 59.4 Å². The highest BCUT2D eigenvalue weighted by Crippen LogP contribution is 2.21. The van der Waals surface area contributed by atoms with E-state index in [-0.39, 0.29) is 27.7 Å². The van der Waals surface area contributed by atoms with Gasteiger partial charge in [0.1, 0.15) is 5.75 Å². The fraction of sp³-hybridized carbons (Fsp3) is 0. The van der Waals surface area contributed by atoms with E-state index >= 15 is 0 Å². The van der Waals surface area contributed by atoms with Crippen LogP contribution in [-0.4, -0.2) is 31.6 Å². The number of nitrogens with zero attached hydrogens (tertiary/aromatic N) is 3. The lowest BCUT2D eigenvalue weighted by molar-refractivity contribution is -0.384. The van der Waals surface area contributed by atoms with Gasteiger partial charge in [0.05, 0.1) is 16.2 Å². The molecule has 3 rings (SSSR count). The number of benzene rings is 2. The third-order valence-corrected chi connectivity index (χ3v) is 3.87. The first-order valence-electron chi connectivity index (χ1n) is 7.75. The van der Waals surface area contributed by atoms with Crippen molar-refractivity contribution in [2.45, 2.75) is 0 Å². The van der Waals surface area contributed by atoms with Crippen LogP contribution in [0.1, 0.15) is 20.8 Å². The molecule has 0 fully saturated rings. The van der Waals surface area contributed by atoms with Crippen LogP contribution in [0.4, 0.5) is 5.69 Å². The van der Waals surface area contributed by atoms with Crippen molar-refractivity contribution in [3.63, 3.8) is 0 Å². The number of phenols is 1. The first-order valence-corrected chi connectivity index (χ1v) is 8.12. The summed E-state index contributed by atoms with van der Waals surface area (Å²) >= 11 is 5.78. The van der Waals surface area contributed by atoms with Crippen LogP contribution in [-0.2, 0) is 0 Å². The van der Waals surface area contributed by atoms with Crippen LogP contribution < -0.4 is 10.9 Å². The van der Waals surface area contributed by atoms with Crippen LogP contribution in [0, 0.1) is 10.1 Å². The fourth-order valence-electron chi connectivity index (χ4n) is 2.25. The summed E-state index contributed by atoms with van der Waals surface area (Å²) in [5.74, 6) is -1.75. The molecule has 0 spiro atoms. The van der Waals surface area contributed by atoms with Crippen LogP contribution in [0.5, 0.6) is 5.75 Å². The van der Waals surface area contributed by atoms with Gasteiger partial charge in [-0.3, -0.25) is 30.6 Å². The number of carbonyl (C=O) groups is 2. The number of hydrogen-bond donors (Lipinski definition) is 3. The Bertz CT molecular complexity index is 1060. The van der Waals surface area contributed by atoms with Crippen LogP contribution >= 0.6 is 11.6 Å². The maximum atomic E-state index is 12.1. The zero-order valence-corrected chi connectivity index (χ0v) is 14.8. The Kier molecular flexibility index (Phi) is 5.23. The SMILES string of the molecule is O=C(NNC(=O)c1cc(Cl)ccc1O)c1ccn(-c2ccc([N+](=O)[O-])cc2)n1. The van der Waals surface area contributed by atoms with Crippen molar-refractivity contribution < 1.29 is 19.6 Å². The lowest BCUT2D eigenvalue weighted by Gasteiger charge is -2.07. The van der Waals surface area contributed by atoms with E-state index in [1.54, 1.807) is 0 Å². The molecule has 11 heteroatoms. The number of non-ortho nitro benzene ring substituents is 1. The molecule has 0 radical (unpaired) electrons. The smallest absolute Gasteiger partial charge is 0.290 e. The van der Waals surface area contributed by atoms with Gasteiger partial charge in [-0.2, -0.15) is 5.10 Å². The molecule has 0 aliphatic heterocycles. The largest absolute Gasteiger partial charge is 0.507 e. The lowest BCUT2D eigenvalue weighted by atomic mass is 10.2. The van der Waals surface area contributed by atoms with Gasteiger partial charge >= 0.3 is 0 Å². The van der Waals surface area contributed by atoms with Gasteiger partial charge in [-0.05, 0) is 36.4 Å². The van der Waals surface area contributed by atoms with Gasteiger partial charge in [-0.15, -0.1) is 0 Å². The molecule has 0 bridgehead atoms. The quantitative estimate of drug-likeness (QED) is 0.452. The third-order valence-electron chi connectivity index (χ3n) is 3.64. The highest BCUT2D eigenvalue weighted by Gasteiger charge is 2.15. The standard InChI is InChI=1S/C17H12ClN5O5/c18-10-1-6-15(24)13(9-10)16(25)19-20-17(26)14-7-8-22(21-14)11-2-4-12(5-3-11)23(27)28/h1-9,24H,(H,19,25)(H,20,26). The molecular weight excluding hydrogens is 390 g/mol. The number of nitrogens with one attached hydrogen (secondary N) is 2. The number of nitro benzene ring substituents is 1. The molecule has 2 aromatic carbocycles. The van der Waals surface area contributed by atoms with E-state index in [0.717, 1.165) is 0 Å². The van der Waals surface area contributed by atoms with E-state index in [4.69, 9.17) is 11.6 Å². The number of rotatable bonds is 4. The molecule has 10 nitrogen and oxygen atoms in total. The number of carbonyl (C=O) groups excluding carboxylic acids is 2. The van der Waals surface area contributed by atoms with Gasteiger partial charge in [-0.25, -0.2) is 4.68 Å². The third kappa shape index (κ3) is 4.07.